The quantitative estimate of drug-likeness (QED) is 0.0222. The molecule has 0 spiro atoms. The normalized spacial score (nSPS) is 14.6. The molecule has 0 saturated carbocycles. The topological polar surface area (TPSA) is 237 Å². The molecule has 0 aromatic carbocycles. The van der Waals surface area contributed by atoms with E-state index in [4.69, 9.17) is 37.0 Å². The molecule has 0 bridgehead atoms. The van der Waals surface area contributed by atoms with Gasteiger partial charge in [-0.1, -0.05) is 272 Å². The van der Waals surface area contributed by atoms with E-state index in [2.05, 4.69) is 34.6 Å². The lowest BCUT2D eigenvalue weighted by molar-refractivity contribution is -0.161. The smallest absolute Gasteiger partial charge is 0.462 e. The van der Waals surface area contributed by atoms with Gasteiger partial charge < -0.3 is 33.8 Å². The SMILES string of the molecule is CCCCCCCCCCCCCCCCCCCCCC(=O)O[C@H](COC(=O)CCCCCCCCC(C)CC)COP(=O)(O)OC[C@@H](O)COP(=O)(O)OC[C@@H](COC(=O)CCCCCCCCC)OC(=O)CCCCCCCCC. The van der Waals surface area contributed by atoms with Crippen molar-refractivity contribution in [2.45, 2.75) is 342 Å². The largest absolute Gasteiger partial charge is 0.472 e. The van der Waals surface area contributed by atoms with Crippen LogP contribution in [0.1, 0.15) is 324 Å². The fourth-order valence-electron chi connectivity index (χ4n) is 9.55. The van der Waals surface area contributed by atoms with Crippen LogP contribution in [0.15, 0.2) is 0 Å². The molecule has 0 aromatic heterocycles. The second kappa shape index (κ2) is 57.8. The lowest BCUT2D eigenvalue weighted by Gasteiger charge is -2.21. The molecule has 0 aliphatic carbocycles. The Hall–Kier alpha value is -1.94. The third-order valence-electron chi connectivity index (χ3n) is 15.1. The fraction of sp³-hybridized carbons (Fsp3) is 0.938. The highest BCUT2D eigenvalue weighted by molar-refractivity contribution is 7.47. The predicted octanol–water partition coefficient (Wildman–Crippen LogP) is 17.8. The molecule has 0 saturated heterocycles. The van der Waals surface area contributed by atoms with E-state index < -0.39 is 97.5 Å². The number of rotatable bonds is 64. The third kappa shape index (κ3) is 57.6. The molecule has 17 nitrogen and oxygen atoms in total. The zero-order chi connectivity index (χ0) is 61.3. The Bertz CT molecular complexity index is 1620. The van der Waals surface area contributed by atoms with E-state index in [1.165, 1.54) is 116 Å². The minimum Gasteiger partial charge on any atom is -0.462 e. The van der Waals surface area contributed by atoms with Crippen LogP contribution in [0.2, 0.25) is 0 Å². The minimum absolute atomic E-state index is 0.103. The van der Waals surface area contributed by atoms with Gasteiger partial charge in [0.15, 0.2) is 12.2 Å². The van der Waals surface area contributed by atoms with Crippen LogP contribution in [0.3, 0.4) is 0 Å². The number of hydrogen-bond acceptors (Lipinski definition) is 15. The maximum absolute atomic E-state index is 13.0. The summed E-state index contributed by atoms with van der Waals surface area (Å²) in [4.78, 5) is 71.9. The number of hydrogen-bond donors (Lipinski definition) is 3. The second-order valence-corrected chi connectivity index (χ2v) is 26.3. The van der Waals surface area contributed by atoms with Gasteiger partial charge in [0.05, 0.1) is 26.4 Å². The van der Waals surface area contributed by atoms with E-state index in [1.807, 2.05) is 0 Å². The first-order valence-corrected chi connectivity index (χ1v) is 36.7. The number of carbonyl (C=O) groups excluding carboxylic acids is 4. The van der Waals surface area contributed by atoms with Gasteiger partial charge in [-0.2, -0.15) is 0 Å². The van der Waals surface area contributed by atoms with Crippen LogP contribution >= 0.6 is 15.6 Å². The molecular weight excluding hydrogens is 1100 g/mol. The van der Waals surface area contributed by atoms with Crippen molar-refractivity contribution in [1.29, 1.82) is 0 Å². The van der Waals surface area contributed by atoms with Gasteiger partial charge >= 0.3 is 39.5 Å². The van der Waals surface area contributed by atoms with Crippen molar-refractivity contribution in [3.8, 4) is 0 Å². The summed E-state index contributed by atoms with van der Waals surface area (Å²) in [6.45, 7) is 7.07. The van der Waals surface area contributed by atoms with E-state index in [0.29, 0.717) is 25.7 Å². The van der Waals surface area contributed by atoms with Crippen LogP contribution in [0, 0.1) is 5.92 Å². The molecule has 3 N–H and O–H groups in total. The highest BCUT2D eigenvalue weighted by Gasteiger charge is 2.30. The summed E-state index contributed by atoms with van der Waals surface area (Å²) in [6, 6.07) is 0. The first-order chi connectivity index (χ1) is 40.1. The van der Waals surface area contributed by atoms with E-state index in [9.17, 15) is 43.2 Å². The van der Waals surface area contributed by atoms with Crippen LogP contribution in [0.4, 0.5) is 0 Å². The Morgan fingerprint density at radius 1 is 0.337 bits per heavy atom. The van der Waals surface area contributed by atoms with Crippen molar-refractivity contribution < 1.29 is 80.2 Å². The summed E-state index contributed by atoms with van der Waals surface area (Å²) in [6.07, 6.45) is 42.1. The number of ether oxygens (including phenoxy) is 4. The standard InChI is InChI=1S/C64H124O17P2/c1-6-10-13-16-19-20-21-22-23-24-25-26-27-28-29-30-33-40-45-50-64(69)81-60(54-75-62(67)48-43-38-35-34-36-41-46-57(5)9-4)56-79-83(72,73)77-52-58(65)51-76-82(70,71)78-55-59(80-63(68)49-44-39-32-18-15-12-8-3)53-74-61(66)47-42-37-31-17-14-11-7-2/h57-60,65H,6-56H2,1-5H3,(H,70,71)(H,72,73)/t57?,58-,59+,60+/m0/s1. The molecule has 0 fully saturated rings. The number of carbonyl (C=O) groups is 4. The van der Waals surface area contributed by atoms with Gasteiger partial charge in [-0.25, -0.2) is 9.13 Å². The third-order valence-corrected chi connectivity index (χ3v) is 17.0. The number of phosphoric ester groups is 2. The maximum atomic E-state index is 13.0. The van der Waals surface area contributed by atoms with Gasteiger partial charge in [0, 0.05) is 25.7 Å². The van der Waals surface area contributed by atoms with Crippen LogP contribution in [0.5, 0.6) is 0 Å². The Labute approximate surface area is 505 Å². The molecular formula is C64H124O17P2. The van der Waals surface area contributed by atoms with E-state index in [-0.39, 0.29) is 25.7 Å². The van der Waals surface area contributed by atoms with Crippen molar-refractivity contribution in [1.82, 2.24) is 0 Å². The highest BCUT2D eigenvalue weighted by atomic mass is 31.2. The summed E-state index contributed by atoms with van der Waals surface area (Å²) in [5.41, 5.74) is 0. The zero-order valence-corrected chi connectivity index (χ0v) is 55.1. The van der Waals surface area contributed by atoms with Crippen molar-refractivity contribution in [3.05, 3.63) is 0 Å². The van der Waals surface area contributed by atoms with Crippen molar-refractivity contribution in [3.63, 3.8) is 0 Å². The molecule has 0 radical (unpaired) electrons. The molecule has 3 unspecified atom stereocenters. The van der Waals surface area contributed by atoms with E-state index in [0.717, 1.165) is 128 Å². The molecule has 83 heavy (non-hydrogen) atoms. The van der Waals surface area contributed by atoms with Crippen LogP contribution in [0.25, 0.3) is 0 Å². The average molecular weight is 1230 g/mol. The van der Waals surface area contributed by atoms with Crippen LogP contribution in [-0.4, -0.2) is 96.7 Å². The molecule has 492 valence electrons. The Morgan fingerprint density at radius 3 is 0.855 bits per heavy atom. The van der Waals surface area contributed by atoms with Crippen molar-refractivity contribution in [2.75, 3.05) is 39.6 Å². The van der Waals surface area contributed by atoms with Gasteiger partial charge in [-0.05, 0) is 31.6 Å². The van der Waals surface area contributed by atoms with Gasteiger partial charge in [0.25, 0.3) is 0 Å². The van der Waals surface area contributed by atoms with Crippen LogP contribution in [-0.2, 0) is 65.4 Å². The lowest BCUT2D eigenvalue weighted by atomic mass is 10.00. The summed E-state index contributed by atoms with van der Waals surface area (Å²) in [5, 5.41) is 10.5. The monoisotopic (exact) mass is 1230 g/mol. The summed E-state index contributed by atoms with van der Waals surface area (Å²) in [7, 11) is -9.87. The number of unbranched alkanes of at least 4 members (excludes halogenated alkanes) is 35. The van der Waals surface area contributed by atoms with Gasteiger partial charge in [0.2, 0.25) is 0 Å². The first-order valence-electron chi connectivity index (χ1n) is 33.7. The fourth-order valence-corrected chi connectivity index (χ4v) is 11.1. The van der Waals surface area contributed by atoms with E-state index in [1.54, 1.807) is 0 Å². The van der Waals surface area contributed by atoms with Gasteiger partial charge in [0.1, 0.15) is 19.3 Å². The highest BCUT2D eigenvalue weighted by Crippen LogP contribution is 2.45. The van der Waals surface area contributed by atoms with Crippen molar-refractivity contribution >= 4 is 39.5 Å². The first kappa shape index (κ1) is 81.1. The summed E-state index contributed by atoms with van der Waals surface area (Å²) < 4.78 is 67.8. The van der Waals surface area contributed by atoms with Crippen LogP contribution < -0.4 is 0 Å². The Morgan fingerprint density at radius 2 is 0.578 bits per heavy atom. The molecule has 0 heterocycles. The van der Waals surface area contributed by atoms with Crippen molar-refractivity contribution in [2.24, 2.45) is 5.92 Å². The molecule has 0 aliphatic rings. The zero-order valence-electron chi connectivity index (χ0n) is 53.3. The molecule has 19 heteroatoms. The van der Waals surface area contributed by atoms with E-state index >= 15 is 0 Å². The molecule has 0 amide bonds. The Balaban J connectivity index is 5.12. The maximum Gasteiger partial charge on any atom is 0.472 e. The molecule has 0 rings (SSSR count). The minimum atomic E-state index is -4.94. The molecule has 0 aromatic rings. The molecule has 0 aliphatic heterocycles. The average Bonchev–Trinajstić information content (AvgIpc) is 3.51. The molecule has 6 atom stereocenters. The number of aliphatic hydroxyl groups excluding tert-OH is 1. The van der Waals surface area contributed by atoms with Gasteiger partial charge in [-0.3, -0.25) is 37.3 Å². The van der Waals surface area contributed by atoms with Gasteiger partial charge in [-0.15, -0.1) is 0 Å². The lowest BCUT2D eigenvalue weighted by Crippen LogP contribution is -2.30. The second-order valence-electron chi connectivity index (χ2n) is 23.4. The number of phosphoric acid groups is 2. The number of aliphatic hydroxyl groups is 1. The predicted molar refractivity (Wildman–Crippen MR) is 331 cm³/mol. The Kier molecular flexibility index (Phi) is 56.4. The summed E-state index contributed by atoms with van der Waals surface area (Å²) >= 11 is 0. The number of esters is 4. The summed E-state index contributed by atoms with van der Waals surface area (Å²) in [5.74, 6) is -1.41.